The molecule has 1 aliphatic rings. The van der Waals surface area contributed by atoms with Crippen LogP contribution in [0.2, 0.25) is 0 Å². The number of nitrogens with one attached hydrogen (secondary N) is 1. The fourth-order valence-electron chi connectivity index (χ4n) is 5.21. The fraction of sp³-hybridized carbons (Fsp3) is 0.483. The molecule has 4 rings (SSSR count). The third kappa shape index (κ3) is 7.10. The Bertz CT molecular complexity index is 1820. The third-order valence-electron chi connectivity index (χ3n) is 7.08. The van der Waals surface area contributed by atoms with Gasteiger partial charge in [-0.25, -0.2) is 18.3 Å². The Kier molecular flexibility index (Phi) is 9.49. The van der Waals surface area contributed by atoms with Crippen molar-refractivity contribution in [1.29, 1.82) is 0 Å². The van der Waals surface area contributed by atoms with E-state index in [4.69, 9.17) is 9.82 Å². The molecule has 1 saturated heterocycles. The molecule has 15 heteroatoms. The van der Waals surface area contributed by atoms with E-state index < -0.39 is 39.2 Å². The number of hydrogen-bond acceptors (Lipinski definition) is 9. The van der Waals surface area contributed by atoms with E-state index in [1.807, 2.05) is 44.7 Å². The maximum absolute atomic E-state index is 13.9. The summed E-state index contributed by atoms with van der Waals surface area (Å²) >= 11 is 0. The first-order chi connectivity index (χ1) is 20.6. The number of imidazole rings is 1. The number of para-hydroxylation sites is 1. The smallest absolute Gasteiger partial charge is 0.332 e. The zero-order valence-corrected chi connectivity index (χ0v) is 26.6. The van der Waals surface area contributed by atoms with Crippen molar-refractivity contribution in [2.45, 2.75) is 65.3 Å². The molecule has 0 bridgehead atoms. The van der Waals surface area contributed by atoms with E-state index >= 15 is 0 Å². The van der Waals surface area contributed by atoms with Crippen LogP contribution in [0.3, 0.4) is 0 Å². The second-order valence-electron chi connectivity index (χ2n) is 11.8. The minimum Gasteiger partial charge on any atom is -0.340 e. The number of amides is 1. The molecule has 238 valence electrons. The Morgan fingerprint density at radius 2 is 1.91 bits per heavy atom. The van der Waals surface area contributed by atoms with Crippen molar-refractivity contribution >= 4 is 45.0 Å². The standard InChI is InChI=1S/C29H39N7O7S/c1-7-8-16-34-24-25(30-27(34)33-15-11-12-20(17-33)36(19-37)43-29(2,3)4)32(5)28(40)35(26(24)39)18-23(38)21-13-9-10-14-22(21)31-44(6,41)42/h7-10,13-14,19-20,31H,11-12,15-18H2,1-6H3/b8-7+/t20-/m1/s1. The zero-order chi connectivity index (χ0) is 32.4. The molecule has 0 aliphatic carbocycles. The van der Waals surface area contributed by atoms with Crippen molar-refractivity contribution in [1.82, 2.24) is 23.7 Å². The van der Waals surface area contributed by atoms with Crippen LogP contribution in [0, 0.1) is 0 Å². The molecular formula is C29H39N7O7S. The minimum atomic E-state index is -3.69. The van der Waals surface area contributed by atoms with Crippen molar-refractivity contribution in [3.63, 3.8) is 0 Å². The number of hydroxylamine groups is 2. The van der Waals surface area contributed by atoms with Crippen molar-refractivity contribution in [3.05, 3.63) is 62.8 Å². The Morgan fingerprint density at radius 1 is 1.20 bits per heavy atom. The Morgan fingerprint density at radius 3 is 2.55 bits per heavy atom. The summed E-state index contributed by atoms with van der Waals surface area (Å²) in [6.45, 7) is 8.06. The number of aryl methyl sites for hydroxylation is 1. The number of carbonyl (C=O) groups excluding carboxylic acids is 2. The van der Waals surface area contributed by atoms with E-state index in [9.17, 15) is 27.6 Å². The van der Waals surface area contributed by atoms with Crippen LogP contribution in [0.15, 0.2) is 46.0 Å². The summed E-state index contributed by atoms with van der Waals surface area (Å²) in [5.74, 6) is -0.176. The van der Waals surface area contributed by atoms with E-state index in [-0.39, 0.29) is 35.0 Å². The molecule has 0 spiro atoms. The molecule has 1 atom stereocenters. The van der Waals surface area contributed by atoms with E-state index in [2.05, 4.69) is 4.72 Å². The number of carbonyl (C=O) groups is 2. The van der Waals surface area contributed by atoms with Crippen LogP contribution in [0.1, 0.15) is 50.9 Å². The molecule has 0 saturated carbocycles. The predicted molar refractivity (Wildman–Crippen MR) is 167 cm³/mol. The van der Waals surface area contributed by atoms with Crippen LogP contribution in [0.4, 0.5) is 11.6 Å². The lowest BCUT2D eigenvalue weighted by Gasteiger charge is -2.39. The molecule has 2 aromatic heterocycles. The lowest BCUT2D eigenvalue weighted by atomic mass is 10.1. The molecule has 14 nitrogen and oxygen atoms in total. The summed E-state index contributed by atoms with van der Waals surface area (Å²) < 4.78 is 29.8. The van der Waals surface area contributed by atoms with Gasteiger partial charge in [-0.05, 0) is 52.7 Å². The predicted octanol–water partition coefficient (Wildman–Crippen LogP) is 1.88. The highest BCUT2D eigenvalue weighted by Gasteiger charge is 2.32. The van der Waals surface area contributed by atoms with Crippen LogP contribution < -0.4 is 20.9 Å². The van der Waals surface area contributed by atoms with Crippen molar-refractivity contribution < 1.29 is 22.8 Å². The van der Waals surface area contributed by atoms with E-state index in [0.717, 1.165) is 17.2 Å². The number of rotatable bonds is 11. The number of hydrogen-bond donors (Lipinski definition) is 1. The van der Waals surface area contributed by atoms with Crippen molar-refractivity contribution in [2.75, 3.05) is 29.0 Å². The molecule has 0 unspecified atom stereocenters. The highest BCUT2D eigenvalue weighted by Crippen LogP contribution is 2.26. The number of allylic oxidation sites excluding steroid dienone is 2. The average molecular weight is 630 g/mol. The maximum atomic E-state index is 13.9. The zero-order valence-electron chi connectivity index (χ0n) is 25.8. The van der Waals surface area contributed by atoms with Gasteiger partial charge in [-0.15, -0.1) is 0 Å². The summed E-state index contributed by atoms with van der Waals surface area (Å²) in [7, 11) is -2.21. The number of ketones is 1. The lowest BCUT2D eigenvalue weighted by molar-refractivity contribution is -0.232. The first-order valence-electron chi connectivity index (χ1n) is 14.2. The molecule has 3 heterocycles. The second-order valence-corrected chi connectivity index (χ2v) is 13.5. The summed E-state index contributed by atoms with van der Waals surface area (Å²) in [6, 6.07) is 5.72. The number of sulfonamides is 1. The normalized spacial score (nSPS) is 16.0. The quantitative estimate of drug-likeness (QED) is 0.145. The van der Waals surface area contributed by atoms with E-state index in [0.29, 0.717) is 31.9 Å². The van der Waals surface area contributed by atoms with Crippen LogP contribution in [0.5, 0.6) is 0 Å². The van der Waals surface area contributed by atoms with Gasteiger partial charge in [0.25, 0.3) is 5.56 Å². The third-order valence-corrected chi connectivity index (χ3v) is 7.67. The van der Waals surface area contributed by atoms with Gasteiger partial charge in [0.05, 0.1) is 30.1 Å². The topological polar surface area (TPSA) is 158 Å². The lowest BCUT2D eigenvalue weighted by Crippen LogP contribution is -2.50. The van der Waals surface area contributed by atoms with Crippen LogP contribution >= 0.6 is 0 Å². The van der Waals surface area contributed by atoms with Crippen LogP contribution in [0.25, 0.3) is 11.2 Å². The maximum Gasteiger partial charge on any atom is 0.332 e. The fourth-order valence-corrected chi connectivity index (χ4v) is 5.79. The monoisotopic (exact) mass is 629 g/mol. The number of fused-ring (bicyclic) bond motifs is 1. The van der Waals surface area contributed by atoms with E-state index in [1.54, 1.807) is 16.7 Å². The second kappa shape index (κ2) is 12.8. The Balaban J connectivity index is 1.79. The van der Waals surface area contributed by atoms with Gasteiger partial charge in [0, 0.05) is 32.2 Å². The molecule has 1 amide bonds. The first-order valence-corrected chi connectivity index (χ1v) is 16.1. The highest BCUT2D eigenvalue weighted by molar-refractivity contribution is 7.92. The SMILES string of the molecule is C/C=C/Cn1c(N2CCC[C@@H](N(C=O)OC(C)(C)C)C2)nc2c1c(=O)n(CC(=O)c1ccccc1NS(C)(=O)=O)c(=O)n2C. The molecule has 1 aliphatic heterocycles. The summed E-state index contributed by atoms with van der Waals surface area (Å²) in [6.07, 6.45) is 6.75. The van der Waals surface area contributed by atoms with Gasteiger partial charge in [0.1, 0.15) is 0 Å². The molecule has 1 aromatic carbocycles. The van der Waals surface area contributed by atoms with Gasteiger partial charge in [0.15, 0.2) is 16.9 Å². The van der Waals surface area contributed by atoms with Gasteiger partial charge in [-0.3, -0.25) is 33.1 Å². The van der Waals surface area contributed by atoms with Gasteiger partial charge >= 0.3 is 5.69 Å². The van der Waals surface area contributed by atoms with Gasteiger partial charge < -0.3 is 9.47 Å². The van der Waals surface area contributed by atoms with Gasteiger partial charge in [-0.1, -0.05) is 24.3 Å². The van der Waals surface area contributed by atoms with Gasteiger partial charge in [-0.2, -0.15) is 4.98 Å². The minimum absolute atomic E-state index is 0.0201. The Hall–Kier alpha value is -4.24. The summed E-state index contributed by atoms with van der Waals surface area (Å²) in [5, 5.41) is 1.33. The molecule has 44 heavy (non-hydrogen) atoms. The molecule has 0 radical (unpaired) electrons. The first kappa shape index (κ1) is 32.7. The number of Topliss-reactive ketones (excluding diaryl/α,β-unsaturated/α-hetero) is 1. The summed E-state index contributed by atoms with van der Waals surface area (Å²) in [5.41, 5.74) is -1.66. The van der Waals surface area contributed by atoms with Gasteiger partial charge in [0.2, 0.25) is 22.4 Å². The summed E-state index contributed by atoms with van der Waals surface area (Å²) in [4.78, 5) is 65.3. The number of piperidine rings is 1. The van der Waals surface area contributed by atoms with Crippen LogP contribution in [-0.2, 0) is 39.8 Å². The molecule has 3 aromatic rings. The van der Waals surface area contributed by atoms with Crippen molar-refractivity contribution in [3.8, 4) is 0 Å². The van der Waals surface area contributed by atoms with Crippen molar-refractivity contribution in [2.24, 2.45) is 7.05 Å². The van der Waals surface area contributed by atoms with Crippen LogP contribution in [-0.4, -0.2) is 75.3 Å². The highest BCUT2D eigenvalue weighted by atomic mass is 32.2. The van der Waals surface area contributed by atoms with E-state index in [1.165, 1.54) is 28.8 Å². The number of anilines is 2. The average Bonchev–Trinajstić information content (AvgIpc) is 3.34. The molecular weight excluding hydrogens is 590 g/mol. The Labute approximate surface area is 255 Å². The molecule has 1 N–H and O–H groups in total. The number of aromatic nitrogens is 4. The largest absolute Gasteiger partial charge is 0.340 e. The molecule has 1 fully saturated rings. The number of nitrogens with zero attached hydrogens (tertiary/aromatic N) is 6. The number of benzene rings is 1.